The molecule has 0 spiro atoms. The monoisotopic (exact) mass is 291 g/mol. The summed E-state index contributed by atoms with van der Waals surface area (Å²) < 4.78 is 3.20. The molecule has 114 valence electrons. The summed E-state index contributed by atoms with van der Waals surface area (Å²) in [5.41, 5.74) is 0.120. The lowest BCUT2D eigenvalue weighted by Gasteiger charge is -2.18. The Morgan fingerprint density at radius 3 is 2.38 bits per heavy atom. The summed E-state index contributed by atoms with van der Waals surface area (Å²) in [6.07, 6.45) is 4.99. The number of hydrogen-bond acceptors (Lipinski definition) is 4. The van der Waals surface area contributed by atoms with Gasteiger partial charge in [-0.15, -0.1) is 0 Å². The number of aromatic nitrogens is 4. The number of H-pyrrole nitrogens is 1. The zero-order chi connectivity index (χ0) is 15.0. The number of imidazole rings is 1. The van der Waals surface area contributed by atoms with Crippen molar-refractivity contribution in [2.45, 2.75) is 32.2 Å². The summed E-state index contributed by atoms with van der Waals surface area (Å²) in [7, 11) is 3.46. The molecule has 0 aromatic carbocycles. The minimum Gasteiger partial charge on any atom is -0.324 e. The first-order valence-corrected chi connectivity index (χ1v) is 7.45. The molecule has 0 amide bonds. The van der Waals surface area contributed by atoms with E-state index in [1.54, 1.807) is 11.6 Å². The Kier molecular flexibility index (Phi) is 3.67. The number of fused-ring (bicyclic) bond motifs is 1. The second-order valence-electron chi connectivity index (χ2n) is 5.77. The fraction of sp³-hybridized carbons (Fsp3) is 0.643. The Bertz CT molecular complexity index is 762. The van der Waals surface area contributed by atoms with Gasteiger partial charge in [-0.05, 0) is 25.9 Å². The van der Waals surface area contributed by atoms with E-state index in [2.05, 4.69) is 14.9 Å². The Balaban J connectivity index is 2.01. The van der Waals surface area contributed by atoms with E-state index in [1.807, 2.05) is 7.05 Å². The lowest BCUT2D eigenvalue weighted by molar-refractivity contribution is 0.268. The SMILES string of the molecule is Cn1c(CN2CCCCCC2)nc2c1c(=O)[nH]c(=O)n2C. The van der Waals surface area contributed by atoms with Gasteiger partial charge < -0.3 is 4.57 Å². The molecule has 2 aromatic rings. The zero-order valence-corrected chi connectivity index (χ0v) is 12.6. The smallest absolute Gasteiger partial charge is 0.324 e. The predicted octanol–water partition coefficient (Wildman–Crippen LogP) is 0.336. The van der Waals surface area contributed by atoms with Gasteiger partial charge in [0.05, 0.1) is 6.54 Å². The second kappa shape index (κ2) is 5.48. The average molecular weight is 291 g/mol. The first-order valence-electron chi connectivity index (χ1n) is 7.45. The van der Waals surface area contributed by atoms with E-state index >= 15 is 0 Å². The minimum absolute atomic E-state index is 0.370. The van der Waals surface area contributed by atoms with Gasteiger partial charge in [0.15, 0.2) is 11.2 Å². The number of rotatable bonds is 2. The third kappa shape index (κ3) is 2.53. The molecule has 7 heteroatoms. The van der Waals surface area contributed by atoms with E-state index < -0.39 is 5.69 Å². The highest BCUT2D eigenvalue weighted by atomic mass is 16.2. The van der Waals surface area contributed by atoms with Crippen LogP contribution in [0.4, 0.5) is 0 Å². The molecule has 3 heterocycles. The lowest BCUT2D eigenvalue weighted by Crippen LogP contribution is -2.29. The molecule has 1 aliphatic rings. The van der Waals surface area contributed by atoms with Gasteiger partial charge in [0, 0.05) is 14.1 Å². The molecular weight excluding hydrogens is 270 g/mol. The number of nitrogens with zero attached hydrogens (tertiary/aromatic N) is 4. The first-order chi connectivity index (χ1) is 10.1. The van der Waals surface area contributed by atoms with Crippen molar-refractivity contribution >= 4 is 11.2 Å². The van der Waals surface area contributed by atoms with Crippen LogP contribution in [0.25, 0.3) is 11.2 Å². The standard InChI is InChI=1S/C14H21N5O2/c1-17-10(9-19-7-5-3-4-6-8-19)15-12-11(17)13(20)16-14(21)18(12)2/h3-9H2,1-2H3,(H,16,20,21). The van der Waals surface area contributed by atoms with Gasteiger partial charge in [-0.2, -0.15) is 0 Å². The molecule has 1 aliphatic heterocycles. The van der Waals surface area contributed by atoms with Gasteiger partial charge in [-0.25, -0.2) is 9.78 Å². The van der Waals surface area contributed by atoms with Gasteiger partial charge in [0.1, 0.15) is 5.82 Å². The van der Waals surface area contributed by atoms with Crippen LogP contribution in [0.15, 0.2) is 9.59 Å². The normalized spacial score (nSPS) is 17.2. The van der Waals surface area contributed by atoms with Crippen LogP contribution in [-0.2, 0) is 20.6 Å². The largest absolute Gasteiger partial charge is 0.329 e. The summed E-state index contributed by atoms with van der Waals surface area (Å²) in [4.78, 5) is 32.9. The average Bonchev–Trinajstić information content (AvgIpc) is 2.64. The summed E-state index contributed by atoms with van der Waals surface area (Å²) >= 11 is 0. The number of nitrogens with one attached hydrogen (secondary N) is 1. The summed E-state index contributed by atoms with van der Waals surface area (Å²) in [6.45, 7) is 2.86. The Labute approximate surface area is 122 Å². The van der Waals surface area contributed by atoms with Crippen molar-refractivity contribution in [2.24, 2.45) is 14.1 Å². The van der Waals surface area contributed by atoms with E-state index in [0.717, 1.165) is 25.5 Å². The van der Waals surface area contributed by atoms with Gasteiger partial charge >= 0.3 is 5.69 Å². The molecule has 7 nitrogen and oxygen atoms in total. The highest BCUT2D eigenvalue weighted by Gasteiger charge is 2.17. The van der Waals surface area contributed by atoms with Crippen LogP contribution in [-0.4, -0.2) is 37.1 Å². The molecular formula is C14H21N5O2. The molecule has 0 aliphatic carbocycles. The van der Waals surface area contributed by atoms with Gasteiger partial charge in [0.25, 0.3) is 5.56 Å². The maximum Gasteiger partial charge on any atom is 0.329 e. The van der Waals surface area contributed by atoms with E-state index in [0.29, 0.717) is 11.2 Å². The molecule has 2 aromatic heterocycles. The van der Waals surface area contributed by atoms with Crippen LogP contribution in [0.3, 0.4) is 0 Å². The number of aromatic amines is 1. The minimum atomic E-state index is -0.424. The van der Waals surface area contributed by atoms with Gasteiger partial charge in [-0.3, -0.25) is 19.2 Å². The van der Waals surface area contributed by atoms with Crippen molar-refractivity contribution in [3.8, 4) is 0 Å². The van der Waals surface area contributed by atoms with Crippen LogP contribution < -0.4 is 11.2 Å². The Morgan fingerprint density at radius 2 is 1.71 bits per heavy atom. The third-order valence-corrected chi connectivity index (χ3v) is 4.29. The molecule has 1 N–H and O–H groups in total. The molecule has 3 rings (SSSR count). The quantitative estimate of drug-likeness (QED) is 0.865. The topological polar surface area (TPSA) is 75.9 Å². The highest BCUT2D eigenvalue weighted by molar-refractivity contribution is 5.70. The molecule has 0 atom stereocenters. The van der Waals surface area contributed by atoms with Gasteiger partial charge in [-0.1, -0.05) is 12.8 Å². The maximum absolute atomic E-state index is 12.0. The molecule has 1 saturated heterocycles. The van der Waals surface area contributed by atoms with Crippen molar-refractivity contribution < 1.29 is 0 Å². The van der Waals surface area contributed by atoms with E-state index in [-0.39, 0.29) is 5.56 Å². The third-order valence-electron chi connectivity index (χ3n) is 4.29. The predicted molar refractivity (Wildman–Crippen MR) is 80.3 cm³/mol. The van der Waals surface area contributed by atoms with Crippen LogP contribution in [0, 0.1) is 0 Å². The number of aryl methyl sites for hydroxylation is 2. The Morgan fingerprint density at radius 1 is 1.05 bits per heavy atom. The van der Waals surface area contributed by atoms with Crippen LogP contribution in [0.2, 0.25) is 0 Å². The molecule has 0 radical (unpaired) electrons. The van der Waals surface area contributed by atoms with E-state index in [1.165, 1.54) is 30.3 Å². The number of likely N-dealkylation sites (tertiary alicyclic amines) is 1. The lowest BCUT2D eigenvalue weighted by atomic mass is 10.2. The highest BCUT2D eigenvalue weighted by Crippen LogP contribution is 2.15. The number of hydrogen-bond donors (Lipinski definition) is 1. The summed E-state index contributed by atoms with van der Waals surface area (Å²) in [6, 6.07) is 0. The van der Waals surface area contributed by atoms with Crippen LogP contribution in [0.5, 0.6) is 0 Å². The van der Waals surface area contributed by atoms with Gasteiger partial charge in [0.2, 0.25) is 0 Å². The Hall–Kier alpha value is -1.89. The molecule has 0 saturated carbocycles. The zero-order valence-electron chi connectivity index (χ0n) is 12.6. The molecule has 0 unspecified atom stereocenters. The molecule has 1 fully saturated rings. The fourth-order valence-electron chi connectivity index (χ4n) is 2.99. The van der Waals surface area contributed by atoms with E-state index in [9.17, 15) is 9.59 Å². The van der Waals surface area contributed by atoms with Crippen LogP contribution >= 0.6 is 0 Å². The summed E-state index contributed by atoms with van der Waals surface area (Å²) in [5, 5.41) is 0. The van der Waals surface area contributed by atoms with E-state index in [4.69, 9.17) is 0 Å². The molecule has 0 bridgehead atoms. The molecule has 21 heavy (non-hydrogen) atoms. The van der Waals surface area contributed by atoms with Crippen molar-refractivity contribution in [3.05, 3.63) is 26.7 Å². The maximum atomic E-state index is 12.0. The second-order valence-corrected chi connectivity index (χ2v) is 5.77. The van der Waals surface area contributed by atoms with Crippen molar-refractivity contribution in [1.82, 2.24) is 24.0 Å². The first kappa shape index (κ1) is 14.1. The van der Waals surface area contributed by atoms with Crippen molar-refractivity contribution in [3.63, 3.8) is 0 Å². The summed E-state index contributed by atoms with van der Waals surface area (Å²) in [5.74, 6) is 0.832. The van der Waals surface area contributed by atoms with Crippen molar-refractivity contribution in [2.75, 3.05) is 13.1 Å². The fourth-order valence-corrected chi connectivity index (χ4v) is 2.99. The van der Waals surface area contributed by atoms with Crippen molar-refractivity contribution in [1.29, 1.82) is 0 Å². The van der Waals surface area contributed by atoms with Crippen LogP contribution in [0.1, 0.15) is 31.5 Å².